The smallest absolute Gasteiger partial charge is 0.339 e. The van der Waals surface area contributed by atoms with E-state index < -0.39 is 23.3 Å². The molecule has 0 N–H and O–H groups in total. The largest absolute Gasteiger partial charge is 0.454 e. The topological polar surface area (TPSA) is 137 Å². The lowest BCUT2D eigenvalue weighted by atomic mass is 9.85. The van der Waals surface area contributed by atoms with E-state index in [1.54, 1.807) is 42.5 Å². The Morgan fingerprint density at radius 3 is 2.33 bits per heavy atom. The van der Waals surface area contributed by atoms with Crippen molar-refractivity contribution < 1.29 is 28.8 Å². The van der Waals surface area contributed by atoms with Crippen molar-refractivity contribution in [2.45, 2.75) is 12.8 Å². The van der Waals surface area contributed by atoms with E-state index in [4.69, 9.17) is 16.3 Å². The molecule has 214 valence electrons. The number of ketones is 1. The molecule has 1 aliphatic heterocycles. The zero-order valence-electron chi connectivity index (χ0n) is 22.4. The third-order valence-electron chi connectivity index (χ3n) is 7.63. The first-order chi connectivity index (χ1) is 20.7. The van der Waals surface area contributed by atoms with Crippen LogP contribution < -0.4 is 4.90 Å². The molecule has 11 heteroatoms. The number of pyridine rings is 1. The van der Waals surface area contributed by atoms with Gasteiger partial charge >= 0.3 is 5.97 Å². The van der Waals surface area contributed by atoms with Gasteiger partial charge in [0.25, 0.3) is 5.69 Å². The normalized spacial score (nSPS) is 17.7. The molecule has 2 atom stereocenters. The number of hydrogen-bond donors (Lipinski definition) is 0. The molecule has 4 aromatic rings. The van der Waals surface area contributed by atoms with Crippen LogP contribution in [0.5, 0.6) is 0 Å². The van der Waals surface area contributed by atoms with Gasteiger partial charge in [-0.3, -0.25) is 29.4 Å². The van der Waals surface area contributed by atoms with Crippen LogP contribution in [-0.2, 0) is 14.3 Å². The number of carbonyl (C=O) groups excluding carboxylic acids is 4. The number of hydrogen-bond acceptors (Lipinski definition) is 8. The SMILES string of the molecule is O=C(COC(=O)c1cc(-c2ccc(N3C(=O)C4CC=CCC4C3=O)cc2)nc2ccc(Cl)cc12)c1cccc([N+](=O)[O-])c1. The number of carbonyl (C=O) groups is 4. The number of nitro groups is 1. The Hall–Kier alpha value is -5.22. The van der Waals surface area contributed by atoms with Gasteiger partial charge in [-0.05, 0) is 49.2 Å². The van der Waals surface area contributed by atoms with Crippen LogP contribution in [0.15, 0.2) is 84.9 Å². The van der Waals surface area contributed by atoms with E-state index in [1.807, 2.05) is 12.2 Å². The number of nitro benzene ring substituents is 1. The van der Waals surface area contributed by atoms with Crippen LogP contribution in [-0.4, -0.2) is 40.1 Å². The van der Waals surface area contributed by atoms with Crippen molar-refractivity contribution in [1.82, 2.24) is 4.98 Å². The molecule has 2 amide bonds. The van der Waals surface area contributed by atoms with E-state index in [9.17, 15) is 29.3 Å². The molecule has 1 saturated heterocycles. The number of fused-ring (bicyclic) bond motifs is 2. The molecule has 0 saturated carbocycles. The van der Waals surface area contributed by atoms with Crippen molar-refractivity contribution in [3.8, 4) is 11.3 Å². The van der Waals surface area contributed by atoms with Gasteiger partial charge in [-0.2, -0.15) is 0 Å². The molecule has 2 aliphatic rings. The molecule has 6 rings (SSSR count). The van der Waals surface area contributed by atoms with Crippen LogP contribution in [0.4, 0.5) is 11.4 Å². The number of anilines is 1. The van der Waals surface area contributed by atoms with Crippen molar-refractivity contribution in [1.29, 1.82) is 0 Å². The number of allylic oxidation sites excluding steroid dienone is 2. The van der Waals surface area contributed by atoms with Gasteiger partial charge in [-0.25, -0.2) is 9.78 Å². The Kier molecular flexibility index (Phi) is 7.29. The summed E-state index contributed by atoms with van der Waals surface area (Å²) in [4.78, 5) is 68.2. The second kappa shape index (κ2) is 11.2. The number of rotatable bonds is 7. The quantitative estimate of drug-likeness (QED) is 0.0637. The van der Waals surface area contributed by atoms with Crippen LogP contribution in [0.3, 0.4) is 0 Å². The third-order valence-corrected chi connectivity index (χ3v) is 7.87. The van der Waals surface area contributed by atoms with Crippen LogP contribution in [0, 0.1) is 22.0 Å². The molecule has 0 bridgehead atoms. The van der Waals surface area contributed by atoms with Crippen molar-refractivity contribution >= 4 is 57.4 Å². The molecular weight excluding hydrogens is 574 g/mol. The summed E-state index contributed by atoms with van der Waals surface area (Å²) in [7, 11) is 0. The number of halogens is 1. The zero-order valence-corrected chi connectivity index (χ0v) is 23.2. The van der Waals surface area contributed by atoms with E-state index in [1.165, 1.54) is 29.2 Å². The van der Waals surface area contributed by atoms with Gasteiger partial charge in [0.1, 0.15) is 0 Å². The first kappa shape index (κ1) is 27.9. The van der Waals surface area contributed by atoms with Crippen LogP contribution in [0.25, 0.3) is 22.2 Å². The van der Waals surface area contributed by atoms with Gasteiger partial charge in [-0.15, -0.1) is 0 Å². The van der Waals surface area contributed by atoms with E-state index in [2.05, 4.69) is 4.98 Å². The van der Waals surface area contributed by atoms with Crippen molar-refractivity contribution in [2.24, 2.45) is 11.8 Å². The minimum atomic E-state index is -0.809. The molecule has 3 aromatic carbocycles. The van der Waals surface area contributed by atoms with Crippen LogP contribution in [0.1, 0.15) is 33.6 Å². The lowest BCUT2D eigenvalue weighted by Gasteiger charge is -2.15. The molecule has 10 nitrogen and oxygen atoms in total. The number of aromatic nitrogens is 1. The Balaban J connectivity index is 1.27. The highest BCUT2D eigenvalue weighted by Gasteiger charge is 2.47. The zero-order chi connectivity index (χ0) is 30.2. The summed E-state index contributed by atoms with van der Waals surface area (Å²) in [6, 6.07) is 18.3. The van der Waals surface area contributed by atoms with Gasteiger partial charge in [0.05, 0.1) is 39.2 Å². The molecule has 1 fully saturated rings. The average molecular weight is 596 g/mol. The van der Waals surface area contributed by atoms with Crippen molar-refractivity contribution in [2.75, 3.05) is 11.5 Å². The first-order valence-corrected chi connectivity index (χ1v) is 13.8. The number of ether oxygens (including phenoxy) is 1. The van der Waals surface area contributed by atoms with E-state index >= 15 is 0 Å². The Morgan fingerprint density at radius 2 is 1.65 bits per heavy atom. The van der Waals surface area contributed by atoms with E-state index in [0.29, 0.717) is 45.7 Å². The molecule has 0 spiro atoms. The number of nitrogens with zero attached hydrogens (tertiary/aromatic N) is 3. The van der Waals surface area contributed by atoms with Gasteiger partial charge in [0.15, 0.2) is 6.61 Å². The lowest BCUT2D eigenvalue weighted by molar-refractivity contribution is -0.384. The molecule has 2 heterocycles. The van der Waals surface area contributed by atoms with Gasteiger partial charge in [0, 0.05) is 33.7 Å². The summed E-state index contributed by atoms with van der Waals surface area (Å²) in [5, 5.41) is 11.8. The second-order valence-electron chi connectivity index (χ2n) is 10.2. The van der Waals surface area contributed by atoms with Gasteiger partial charge < -0.3 is 4.74 Å². The number of amides is 2. The minimum Gasteiger partial charge on any atom is -0.454 e. The van der Waals surface area contributed by atoms with Gasteiger partial charge in [0.2, 0.25) is 17.6 Å². The summed E-state index contributed by atoms with van der Waals surface area (Å²) in [6.45, 7) is -0.635. The highest BCUT2D eigenvalue weighted by Crippen LogP contribution is 2.38. The Labute approximate surface area is 249 Å². The lowest BCUT2D eigenvalue weighted by Crippen LogP contribution is -2.30. The van der Waals surface area contributed by atoms with Gasteiger partial charge in [-0.1, -0.05) is 48.0 Å². The fourth-order valence-electron chi connectivity index (χ4n) is 5.44. The second-order valence-corrected chi connectivity index (χ2v) is 10.7. The maximum absolute atomic E-state index is 13.2. The van der Waals surface area contributed by atoms with Crippen LogP contribution >= 0.6 is 11.6 Å². The fourth-order valence-corrected chi connectivity index (χ4v) is 5.61. The summed E-state index contributed by atoms with van der Waals surface area (Å²) in [5.41, 5.74) is 1.83. The average Bonchev–Trinajstić information content (AvgIpc) is 3.28. The molecule has 1 aliphatic carbocycles. The number of esters is 1. The maximum atomic E-state index is 13.2. The van der Waals surface area contributed by atoms with Crippen molar-refractivity contribution in [3.63, 3.8) is 0 Å². The molecule has 0 radical (unpaired) electrons. The predicted octanol–water partition coefficient (Wildman–Crippen LogP) is 5.96. The maximum Gasteiger partial charge on any atom is 0.339 e. The first-order valence-electron chi connectivity index (χ1n) is 13.4. The molecular formula is C32H22ClN3O7. The summed E-state index contributed by atoms with van der Waals surface area (Å²) in [6.07, 6.45) is 4.96. The Bertz CT molecular complexity index is 1840. The highest BCUT2D eigenvalue weighted by atomic mass is 35.5. The molecule has 2 unspecified atom stereocenters. The Morgan fingerprint density at radius 1 is 0.953 bits per heavy atom. The minimum absolute atomic E-state index is 0.0379. The number of non-ortho nitro benzene ring substituents is 1. The van der Waals surface area contributed by atoms with Crippen LogP contribution in [0.2, 0.25) is 5.02 Å². The standard InChI is InChI=1S/C32H22ClN3O7/c33-20-10-13-27-25(15-20)26(32(40)43-17-29(37)19-4-3-5-22(14-19)36(41)42)16-28(34-27)18-8-11-21(12-9-18)35-30(38)23-6-1-2-7-24(23)31(35)39/h1-5,8-16,23-24H,6-7,17H2. The summed E-state index contributed by atoms with van der Waals surface area (Å²) in [5.74, 6) is -2.52. The molecule has 43 heavy (non-hydrogen) atoms. The van der Waals surface area contributed by atoms with Crippen molar-refractivity contribution in [3.05, 3.63) is 111 Å². The number of benzene rings is 3. The van der Waals surface area contributed by atoms with E-state index in [0.717, 1.165) is 6.07 Å². The monoisotopic (exact) mass is 595 g/mol. The number of Topliss-reactive ketones (excluding diaryl/α,β-unsaturated/α-hetero) is 1. The highest BCUT2D eigenvalue weighted by molar-refractivity contribution is 6.31. The third kappa shape index (κ3) is 5.28. The van der Waals surface area contributed by atoms with E-state index in [-0.39, 0.29) is 40.5 Å². The summed E-state index contributed by atoms with van der Waals surface area (Å²) >= 11 is 6.20. The number of imide groups is 1. The molecule has 1 aromatic heterocycles. The summed E-state index contributed by atoms with van der Waals surface area (Å²) < 4.78 is 5.32. The predicted molar refractivity (Wildman–Crippen MR) is 158 cm³/mol. The fraction of sp³-hybridized carbons (Fsp3) is 0.156.